The molecule has 0 unspecified atom stereocenters. The van der Waals surface area contributed by atoms with Crippen LogP contribution in [0.1, 0.15) is 35.3 Å². The van der Waals surface area contributed by atoms with Gasteiger partial charge >= 0.3 is 0 Å². The Hall–Kier alpha value is -3.42. The molecule has 3 rings (SSSR count). The number of fused-ring (bicyclic) bond motifs is 1. The van der Waals surface area contributed by atoms with Crippen LogP contribution in [0.15, 0.2) is 48.5 Å². The van der Waals surface area contributed by atoms with Gasteiger partial charge in [0.2, 0.25) is 5.91 Å². The predicted octanol–water partition coefficient (Wildman–Crippen LogP) is 2.35. The summed E-state index contributed by atoms with van der Waals surface area (Å²) in [7, 11) is 0. The number of para-hydroxylation sites is 1. The average Bonchev–Trinajstić information content (AvgIpc) is 2.68. The molecule has 0 radical (unpaired) electrons. The van der Waals surface area contributed by atoms with Gasteiger partial charge < -0.3 is 15.4 Å². The van der Waals surface area contributed by atoms with E-state index < -0.39 is 16.9 Å². The van der Waals surface area contributed by atoms with E-state index in [2.05, 4.69) is 10.6 Å². The van der Waals surface area contributed by atoms with Gasteiger partial charge in [-0.05, 0) is 19.1 Å². The fourth-order valence-electron chi connectivity index (χ4n) is 2.89. The van der Waals surface area contributed by atoms with Crippen molar-refractivity contribution in [1.82, 2.24) is 10.6 Å². The van der Waals surface area contributed by atoms with Gasteiger partial charge in [-0.1, -0.05) is 24.3 Å². The fraction of sp³-hybridized carbons (Fsp3) is 0.263. The number of nitro benzene ring substituents is 1. The van der Waals surface area contributed by atoms with Crippen molar-refractivity contribution < 1.29 is 19.2 Å². The van der Waals surface area contributed by atoms with Crippen molar-refractivity contribution >= 4 is 17.5 Å². The number of amides is 2. The zero-order chi connectivity index (χ0) is 19.4. The number of hydrogen-bond donors (Lipinski definition) is 2. The summed E-state index contributed by atoms with van der Waals surface area (Å²) < 4.78 is 5.57. The summed E-state index contributed by atoms with van der Waals surface area (Å²) in [4.78, 5) is 35.0. The van der Waals surface area contributed by atoms with Crippen LogP contribution in [0.3, 0.4) is 0 Å². The first-order valence-electron chi connectivity index (χ1n) is 8.53. The molecule has 1 aliphatic heterocycles. The zero-order valence-electron chi connectivity index (χ0n) is 14.7. The minimum absolute atomic E-state index is 0.125. The Morgan fingerprint density at radius 2 is 2.00 bits per heavy atom. The molecule has 8 heteroatoms. The zero-order valence-corrected chi connectivity index (χ0v) is 14.7. The minimum Gasteiger partial charge on any atom is -0.493 e. The summed E-state index contributed by atoms with van der Waals surface area (Å²) in [6, 6.07) is 11.9. The number of nitrogens with zero attached hydrogens (tertiary/aromatic N) is 1. The molecule has 0 saturated heterocycles. The number of carbonyl (C=O) groups excluding carboxylic acids is 2. The van der Waals surface area contributed by atoms with Crippen LogP contribution >= 0.6 is 0 Å². The van der Waals surface area contributed by atoms with Gasteiger partial charge in [0, 0.05) is 29.7 Å². The molecular weight excluding hydrogens is 350 g/mol. The Morgan fingerprint density at radius 3 is 2.78 bits per heavy atom. The van der Waals surface area contributed by atoms with Crippen molar-refractivity contribution in [3.8, 4) is 5.75 Å². The topological polar surface area (TPSA) is 111 Å². The van der Waals surface area contributed by atoms with Crippen LogP contribution in [0, 0.1) is 10.1 Å². The van der Waals surface area contributed by atoms with E-state index >= 15 is 0 Å². The number of nitro groups is 1. The van der Waals surface area contributed by atoms with Crippen LogP contribution < -0.4 is 15.4 Å². The SMILES string of the molecule is C[C@H](NC(=O)c1cccc([N+](=O)[O-])c1)C(=O)N[C@@H]1CCOc2ccccc21. The van der Waals surface area contributed by atoms with E-state index in [9.17, 15) is 19.7 Å². The first-order chi connectivity index (χ1) is 13.0. The molecule has 2 N–H and O–H groups in total. The molecule has 1 heterocycles. The van der Waals surface area contributed by atoms with Gasteiger partial charge in [-0.15, -0.1) is 0 Å². The van der Waals surface area contributed by atoms with E-state index in [4.69, 9.17) is 4.74 Å². The van der Waals surface area contributed by atoms with Crippen molar-refractivity contribution in [1.29, 1.82) is 0 Å². The van der Waals surface area contributed by atoms with Crippen molar-refractivity contribution in [3.05, 3.63) is 69.8 Å². The van der Waals surface area contributed by atoms with Gasteiger partial charge in [0.05, 0.1) is 17.6 Å². The lowest BCUT2D eigenvalue weighted by Gasteiger charge is -2.27. The molecule has 0 spiro atoms. The number of nitrogens with one attached hydrogen (secondary N) is 2. The summed E-state index contributed by atoms with van der Waals surface area (Å²) in [6.07, 6.45) is 0.633. The Bertz CT molecular complexity index is 883. The lowest BCUT2D eigenvalue weighted by Crippen LogP contribution is -2.46. The van der Waals surface area contributed by atoms with Gasteiger partial charge in [-0.2, -0.15) is 0 Å². The number of ether oxygens (including phenoxy) is 1. The monoisotopic (exact) mass is 369 g/mol. The van der Waals surface area contributed by atoms with E-state index in [0.717, 1.165) is 11.3 Å². The van der Waals surface area contributed by atoms with Crippen molar-refractivity contribution in [2.45, 2.75) is 25.4 Å². The first kappa shape index (κ1) is 18.4. The van der Waals surface area contributed by atoms with Crippen LogP contribution in [0.4, 0.5) is 5.69 Å². The molecule has 2 aromatic rings. The molecule has 2 aromatic carbocycles. The van der Waals surface area contributed by atoms with Crippen molar-refractivity contribution in [2.75, 3.05) is 6.61 Å². The van der Waals surface area contributed by atoms with Crippen LogP contribution in [0.2, 0.25) is 0 Å². The summed E-state index contributed by atoms with van der Waals surface area (Å²) in [5, 5.41) is 16.3. The van der Waals surface area contributed by atoms with E-state index in [1.165, 1.54) is 24.3 Å². The summed E-state index contributed by atoms with van der Waals surface area (Å²) in [5.74, 6) is -0.147. The van der Waals surface area contributed by atoms with Crippen LogP contribution in [-0.2, 0) is 4.79 Å². The molecule has 1 aliphatic rings. The number of rotatable bonds is 5. The lowest BCUT2D eigenvalue weighted by molar-refractivity contribution is -0.384. The Labute approximate surface area is 155 Å². The fourth-order valence-corrected chi connectivity index (χ4v) is 2.89. The van der Waals surface area contributed by atoms with Crippen LogP contribution in [0.25, 0.3) is 0 Å². The molecular formula is C19H19N3O5. The average molecular weight is 369 g/mol. The van der Waals surface area contributed by atoms with Gasteiger partial charge in [0.15, 0.2) is 0 Å². The Kier molecular flexibility index (Phi) is 5.35. The molecule has 2 amide bonds. The molecule has 0 aromatic heterocycles. The molecule has 0 aliphatic carbocycles. The smallest absolute Gasteiger partial charge is 0.270 e. The summed E-state index contributed by atoms with van der Waals surface area (Å²) in [5.41, 5.74) is 0.841. The second-order valence-electron chi connectivity index (χ2n) is 6.24. The maximum Gasteiger partial charge on any atom is 0.270 e. The Balaban J connectivity index is 1.64. The quantitative estimate of drug-likeness (QED) is 0.621. The predicted molar refractivity (Wildman–Crippen MR) is 97.5 cm³/mol. The van der Waals surface area contributed by atoms with Crippen molar-refractivity contribution in [3.63, 3.8) is 0 Å². The third-order valence-electron chi connectivity index (χ3n) is 4.34. The van der Waals surface area contributed by atoms with Crippen LogP contribution in [-0.4, -0.2) is 29.4 Å². The molecule has 0 saturated carbocycles. The van der Waals surface area contributed by atoms with Gasteiger partial charge in [-0.3, -0.25) is 19.7 Å². The standard InChI is InChI=1S/C19H19N3O5/c1-12(20-19(24)13-5-4-6-14(11-13)22(25)26)18(23)21-16-9-10-27-17-8-3-2-7-15(16)17/h2-8,11-12,16H,9-10H2,1H3,(H,20,24)(H,21,23)/t12-,16+/m0/s1. The summed E-state index contributed by atoms with van der Waals surface area (Å²) >= 11 is 0. The van der Waals surface area contributed by atoms with E-state index in [0.29, 0.717) is 13.0 Å². The number of non-ortho nitro benzene ring substituents is 1. The molecule has 0 bridgehead atoms. The maximum absolute atomic E-state index is 12.5. The molecule has 27 heavy (non-hydrogen) atoms. The van der Waals surface area contributed by atoms with E-state index in [1.54, 1.807) is 6.92 Å². The third-order valence-corrected chi connectivity index (χ3v) is 4.34. The highest BCUT2D eigenvalue weighted by Crippen LogP contribution is 2.31. The molecule has 8 nitrogen and oxygen atoms in total. The van der Waals surface area contributed by atoms with Gasteiger partial charge in [-0.25, -0.2) is 0 Å². The molecule has 140 valence electrons. The van der Waals surface area contributed by atoms with Crippen molar-refractivity contribution in [2.24, 2.45) is 0 Å². The minimum atomic E-state index is -0.799. The maximum atomic E-state index is 12.5. The molecule has 0 fully saturated rings. The highest BCUT2D eigenvalue weighted by Gasteiger charge is 2.25. The van der Waals surface area contributed by atoms with Gasteiger partial charge in [0.25, 0.3) is 11.6 Å². The largest absolute Gasteiger partial charge is 0.493 e. The second-order valence-corrected chi connectivity index (χ2v) is 6.24. The summed E-state index contributed by atoms with van der Waals surface area (Å²) in [6.45, 7) is 2.06. The lowest BCUT2D eigenvalue weighted by atomic mass is 10.0. The highest BCUT2D eigenvalue weighted by molar-refractivity contribution is 5.97. The number of benzene rings is 2. The van der Waals surface area contributed by atoms with E-state index in [-0.39, 0.29) is 23.2 Å². The second kappa shape index (κ2) is 7.86. The third kappa shape index (κ3) is 4.22. The van der Waals surface area contributed by atoms with Gasteiger partial charge in [0.1, 0.15) is 11.8 Å². The first-order valence-corrected chi connectivity index (χ1v) is 8.53. The normalized spacial score (nSPS) is 16.4. The van der Waals surface area contributed by atoms with E-state index in [1.807, 2.05) is 24.3 Å². The molecule has 2 atom stereocenters. The highest BCUT2D eigenvalue weighted by atomic mass is 16.6. The Morgan fingerprint density at radius 1 is 1.22 bits per heavy atom. The number of hydrogen-bond acceptors (Lipinski definition) is 5. The van der Waals surface area contributed by atoms with Crippen LogP contribution in [0.5, 0.6) is 5.75 Å². The number of carbonyl (C=O) groups is 2.